The number of hydrogen-bond acceptors (Lipinski definition) is 2. The Bertz CT molecular complexity index is 400. The lowest BCUT2D eigenvalue weighted by Crippen LogP contribution is -2.70. The number of carbonyl (C=O) groups excluding carboxylic acids is 1. The average Bonchev–Trinajstić information content (AvgIpc) is 2.43. The maximum atomic E-state index is 13.1. The SMILES string of the molecule is O=C1C2C[C@H](C[N@@+]3([O-])CCCCC23)C2CCCCN12. The summed E-state index contributed by atoms with van der Waals surface area (Å²) < 4.78 is -0.0363. The predicted molar refractivity (Wildman–Crippen MR) is 71.9 cm³/mol. The van der Waals surface area contributed by atoms with E-state index in [-0.39, 0.29) is 16.6 Å². The smallest absolute Gasteiger partial charge is 0.231 e. The van der Waals surface area contributed by atoms with Gasteiger partial charge in [0.1, 0.15) is 6.04 Å². The first-order chi connectivity index (χ1) is 9.19. The van der Waals surface area contributed by atoms with Gasteiger partial charge in [-0.25, -0.2) is 0 Å². The van der Waals surface area contributed by atoms with Crippen LogP contribution in [-0.2, 0) is 4.79 Å². The van der Waals surface area contributed by atoms with Gasteiger partial charge >= 0.3 is 0 Å². The lowest BCUT2D eigenvalue weighted by Gasteiger charge is -2.62. The number of rotatable bonds is 0. The minimum Gasteiger partial charge on any atom is -0.633 e. The van der Waals surface area contributed by atoms with E-state index in [9.17, 15) is 10.0 Å². The molecule has 4 aliphatic heterocycles. The predicted octanol–water partition coefficient (Wildman–Crippen LogP) is 1.88. The van der Waals surface area contributed by atoms with Crippen LogP contribution in [0.1, 0.15) is 44.9 Å². The van der Waals surface area contributed by atoms with Gasteiger partial charge in [-0.1, -0.05) is 0 Å². The minimum absolute atomic E-state index is 0.0363. The number of piperidine rings is 4. The van der Waals surface area contributed by atoms with Gasteiger partial charge in [-0.05, 0) is 38.5 Å². The molecule has 106 valence electrons. The molecular formula is C15H24N2O2. The van der Waals surface area contributed by atoms with Crippen molar-refractivity contribution in [2.24, 2.45) is 11.8 Å². The monoisotopic (exact) mass is 264 g/mol. The fourth-order valence-corrected chi connectivity index (χ4v) is 5.32. The second-order valence-corrected chi connectivity index (χ2v) is 7.12. The van der Waals surface area contributed by atoms with E-state index < -0.39 is 0 Å². The zero-order valence-corrected chi connectivity index (χ0v) is 11.6. The Morgan fingerprint density at radius 2 is 2.00 bits per heavy atom. The molecule has 0 N–H and O–H groups in total. The molecule has 19 heavy (non-hydrogen) atoms. The van der Waals surface area contributed by atoms with Gasteiger partial charge in [-0.2, -0.15) is 0 Å². The second kappa shape index (κ2) is 4.19. The summed E-state index contributed by atoms with van der Waals surface area (Å²) in [6.45, 7) is 2.50. The first-order valence-electron chi connectivity index (χ1n) is 8.07. The molecule has 4 fully saturated rings. The normalized spacial score (nSPS) is 49.5. The van der Waals surface area contributed by atoms with Crippen molar-refractivity contribution in [3.63, 3.8) is 0 Å². The molecule has 0 spiro atoms. The van der Waals surface area contributed by atoms with E-state index >= 15 is 0 Å². The molecule has 0 aromatic heterocycles. The van der Waals surface area contributed by atoms with Crippen LogP contribution in [0.25, 0.3) is 0 Å². The fraction of sp³-hybridized carbons (Fsp3) is 0.933. The van der Waals surface area contributed by atoms with E-state index in [1.54, 1.807) is 0 Å². The van der Waals surface area contributed by atoms with Crippen molar-refractivity contribution in [2.75, 3.05) is 19.6 Å². The molecule has 4 heteroatoms. The topological polar surface area (TPSA) is 43.4 Å². The van der Waals surface area contributed by atoms with Crippen molar-refractivity contribution in [2.45, 2.75) is 57.0 Å². The highest BCUT2D eigenvalue weighted by atomic mass is 16.5. The summed E-state index contributed by atoms with van der Waals surface area (Å²) in [7, 11) is 0. The van der Waals surface area contributed by atoms with Gasteiger partial charge in [0, 0.05) is 24.9 Å². The van der Waals surface area contributed by atoms with Crippen LogP contribution in [0.15, 0.2) is 0 Å². The van der Waals surface area contributed by atoms with Gasteiger partial charge in [0.05, 0.1) is 19.0 Å². The Labute approximate surface area is 114 Å². The fourth-order valence-electron chi connectivity index (χ4n) is 5.32. The Morgan fingerprint density at radius 3 is 2.89 bits per heavy atom. The van der Waals surface area contributed by atoms with Crippen LogP contribution in [-0.4, -0.2) is 47.2 Å². The Balaban J connectivity index is 1.68. The van der Waals surface area contributed by atoms with Crippen molar-refractivity contribution in [3.8, 4) is 0 Å². The Kier molecular flexibility index (Phi) is 2.68. The van der Waals surface area contributed by atoms with E-state index in [0.717, 1.165) is 58.2 Å². The molecule has 0 aromatic rings. The van der Waals surface area contributed by atoms with Gasteiger partial charge < -0.3 is 14.8 Å². The second-order valence-electron chi connectivity index (χ2n) is 7.12. The summed E-state index contributed by atoms with van der Waals surface area (Å²) in [6, 6.07) is 0.477. The molecule has 4 nitrogen and oxygen atoms in total. The van der Waals surface area contributed by atoms with E-state index in [0.29, 0.717) is 17.9 Å². The lowest BCUT2D eigenvalue weighted by atomic mass is 9.70. The number of quaternary nitrogens is 1. The van der Waals surface area contributed by atoms with E-state index in [2.05, 4.69) is 4.90 Å². The molecule has 4 heterocycles. The highest BCUT2D eigenvalue weighted by Gasteiger charge is 2.55. The van der Waals surface area contributed by atoms with Crippen LogP contribution in [0.3, 0.4) is 0 Å². The quantitative estimate of drug-likeness (QED) is 0.495. The van der Waals surface area contributed by atoms with Crippen molar-refractivity contribution in [1.29, 1.82) is 0 Å². The van der Waals surface area contributed by atoms with Gasteiger partial charge in [-0.15, -0.1) is 0 Å². The third-order valence-electron chi connectivity index (χ3n) is 6.15. The van der Waals surface area contributed by atoms with Crippen LogP contribution in [0.2, 0.25) is 0 Å². The summed E-state index contributed by atoms with van der Waals surface area (Å²) in [5.74, 6) is 0.853. The van der Waals surface area contributed by atoms with E-state index in [1.807, 2.05) is 0 Å². The molecule has 2 bridgehead atoms. The van der Waals surface area contributed by atoms with Crippen molar-refractivity contribution in [1.82, 2.24) is 4.90 Å². The van der Waals surface area contributed by atoms with Crippen LogP contribution in [0.5, 0.6) is 0 Å². The first kappa shape index (κ1) is 12.2. The Morgan fingerprint density at radius 1 is 1.16 bits per heavy atom. The van der Waals surface area contributed by atoms with Crippen LogP contribution < -0.4 is 0 Å². The Hall–Kier alpha value is -0.610. The highest BCUT2D eigenvalue weighted by Crippen LogP contribution is 2.46. The zero-order chi connectivity index (χ0) is 13.0. The van der Waals surface area contributed by atoms with Crippen LogP contribution >= 0.6 is 0 Å². The van der Waals surface area contributed by atoms with E-state index in [1.165, 1.54) is 6.42 Å². The van der Waals surface area contributed by atoms with Gasteiger partial charge in [-0.3, -0.25) is 4.79 Å². The third-order valence-corrected chi connectivity index (χ3v) is 6.15. The molecular weight excluding hydrogens is 240 g/mol. The number of fused-ring (bicyclic) bond motifs is 6. The van der Waals surface area contributed by atoms with E-state index in [4.69, 9.17) is 0 Å². The average molecular weight is 264 g/mol. The third kappa shape index (κ3) is 1.69. The number of carbonyl (C=O) groups is 1. The van der Waals surface area contributed by atoms with Gasteiger partial charge in [0.25, 0.3) is 0 Å². The van der Waals surface area contributed by atoms with Gasteiger partial charge in [0.15, 0.2) is 0 Å². The molecule has 4 saturated heterocycles. The molecule has 4 rings (SSSR count). The molecule has 1 amide bonds. The molecule has 0 aromatic carbocycles. The molecule has 0 aliphatic carbocycles. The summed E-state index contributed by atoms with van der Waals surface area (Å²) >= 11 is 0. The molecule has 0 saturated carbocycles. The standard InChI is InChI=1S/C15H24N2O2/c18-15-12-9-11(13-5-1-3-7-16(13)15)10-17(19)8-4-2-6-14(12)17/h11-14H,1-10H2/t11-,12?,13?,14?,17+/m1/s1. The largest absolute Gasteiger partial charge is 0.633 e. The highest BCUT2D eigenvalue weighted by molar-refractivity contribution is 5.81. The maximum Gasteiger partial charge on any atom is 0.231 e. The van der Waals surface area contributed by atoms with Crippen molar-refractivity contribution < 1.29 is 9.44 Å². The minimum atomic E-state index is -0.0363. The number of amides is 1. The zero-order valence-electron chi connectivity index (χ0n) is 11.6. The first-order valence-corrected chi connectivity index (χ1v) is 8.07. The molecule has 3 unspecified atom stereocenters. The molecule has 5 atom stereocenters. The van der Waals surface area contributed by atoms with Crippen LogP contribution in [0, 0.1) is 17.0 Å². The summed E-state index contributed by atoms with van der Waals surface area (Å²) in [5.41, 5.74) is 0. The maximum absolute atomic E-state index is 13.1. The van der Waals surface area contributed by atoms with Gasteiger partial charge in [0.2, 0.25) is 5.91 Å². The molecule has 4 aliphatic rings. The van der Waals surface area contributed by atoms with Crippen molar-refractivity contribution in [3.05, 3.63) is 5.21 Å². The summed E-state index contributed by atoms with van der Waals surface area (Å²) in [4.78, 5) is 14.9. The summed E-state index contributed by atoms with van der Waals surface area (Å²) in [5, 5.41) is 13.1. The number of nitrogens with zero attached hydrogens (tertiary/aromatic N) is 2. The lowest BCUT2D eigenvalue weighted by molar-refractivity contribution is -0.923. The summed E-state index contributed by atoms with van der Waals surface area (Å²) in [6.07, 6.45) is 7.71. The molecule has 0 radical (unpaired) electrons. The number of hydroxylamine groups is 3. The van der Waals surface area contributed by atoms with Crippen LogP contribution in [0.4, 0.5) is 0 Å². The van der Waals surface area contributed by atoms with Crippen molar-refractivity contribution >= 4 is 5.91 Å². The number of hydrogen-bond donors (Lipinski definition) is 0.